The molecular weight excluding hydrogens is 238 g/mol. The highest BCUT2D eigenvalue weighted by molar-refractivity contribution is 5.82. The fraction of sp³-hybridized carbons (Fsp3) is 0.933. The minimum atomic E-state index is 0.0444. The van der Waals surface area contributed by atoms with Gasteiger partial charge >= 0.3 is 0 Å². The van der Waals surface area contributed by atoms with E-state index < -0.39 is 0 Å². The Morgan fingerprint density at radius 2 is 2.00 bits per heavy atom. The monoisotopic (exact) mass is 267 g/mol. The fourth-order valence-electron chi connectivity index (χ4n) is 3.40. The van der Waals surface area contributed by atoms with Crippen molar-refractivity contribution in [1.82, 2.24) is 15.1 Å². The van der Waals surface area contributed by atoms with Crippen LogP contribution in [0.2, 0.25) is 0 Å². The largest absolute Gasteiger partial charge is 0.341 e. The molecule has 0 saturated carbocycles. The molecule has 1 amide bonds. The lowest BCUT2D eigenvalue weighted by Crippen LogP contribution is -2.55. The Bertz CT molecular complexity index is 300. The van der Waals surface area contributed by atoms with Crippen molar-refractivity contribution in [3.05, 3.63) is 0 Å². The Morgan fingerprint density at radius 3 is 2.58 bits per heavy atom. The van der Waals surface area contributed by atoms with E-state index in [2.05, 4.69) is 24.1 Å². The predicted octanol–water partition coefficient (Wildman–Crippen LogP) is 1.32. The molecule has 2 rings (SSSR count). The first kappa shape index (κ1) is 14.8. The predicted molar refractivity (Wildman–Crippen MR) is 78.1 cm³/mol. The van der Waals surface area contributed by atoms with Crippen LogP contribution in [-0.4, -0.2) is 61.0 Å². The van der Waals surface area contributed by atoms with Gasteiger partial charge in [0, 0.05) is 26.2 Å². The SMILES string of the molecule is CCN1CCC(N(C)C(=O)C2NCCCC2C)CC1. The van der Waals surface area contributed by atoms with Crippen LogP contribution in [0.5, 0.6) is 0 Å². The summed E-state index contributed by atoms with van der Waals surface area (Å²) in [6, 6.07) is 0.481. The van der Waals surface area contributed by atoms with E-state index in [4.69, 9.17) is 0 Å². The molecule has 0 radical (unpaired) electrons. The van der Waals surface area contributed by atoms with Crippen LogP contribution in [0.3, 0.4) is 0 Å². The Hall–Kier alpha value is -0.610. The van der Waals surface area contributed by atoms with Crippen LogP contribution >= 0.6 is 0 Å². The molecule has 4 heteroatoms. The van der Waals surface area contributed by atoms with Gasteiger partial charge in [-0.1, -0.05) is 13.8 Å². The maximum atomic E-state index is 12.6. The molecule has 2 saturated heterocycles. The summed E-state index contributed by atoms with van der Waals surface area (Å²) in [4.78, 5) is 17.1. The third-order valence-corrected chi connectivity index (χ3v) is 4.94. The molecule has 2 aliphatic rings. The van der Waals surface area contributed by atoms with E-state index in [1.807, 2.05) is 11.9 Å². The molecule has 4 nitrogen and oxygen atoms in total. The van der Waals surface area contributed by atoms with Crippen LogP contribution in [0.15, 0.2) is 0 Å². The van der Waals surface area contributed by atoms with Crippen LogP contribution in [0.1, 0.15) is 39.5 Å². The van der Waals surface area contributed by atoms with E-state index in [1.54, 1.807) is 0 Å². The van der Waals surface area contributed by atoms with Crippen molar-refractivity contribution in [3.63, 3.8) is 0 Å². The molecule has 0 aliphatic carbocycles. The van der Waals surface area contributed by atoms with Gasteiger partial charge in [-0.05, 0) is 44.7 Å². The number of nitrogens with one attached hydrogen (secondary N) is 1. The summed E-state index contributed by atoms with van der Waals surface area (Å²) >= 11 is 0. The molecule has 110 valence electrons. The lowest BCUT2D eigenvalue weighted by Gasteiger charge is -2.39. The van der Waals surface area contributed by atoms with Gasteiger partial charge in [-0.2, -0.15) is 0 Å². The summed E-state index contributed by atoms with van der Waals surface area (Å²) in [6.07, 6.45) is 4.61. The van der Waals surface area contributed by atoms with Crippen molar-refractivity contribution in [2.75, 3.05) is 33.2 Å². The second-order valence-corrected chi connectivity index (χ2v) is 6.17. The topological polar surface area (TPSA) is 35.6 Å². The number of hydrogen-bond acceptors (Lipinski definition) is 3. The highest BCUT2D eigenvalue weighted by Crippen LogP contribution is 2.21. The zero-order valence-corrected chi connectivity index (χ0v) is 12.7. The highest BCUT2D eigenvalue weighted by atomic mass is 16.2. The van der Waals surface area contributed by atoms with Crippen molar-refractivity contribution in [1.29, 1.82) is 0 Å². The molecule has 1 N–H and O–H groups in total. The maximum Gasteiger partial charge on any atom is 0.239 e. The lowest BCUT2D eigenvalue weighted by atomic mass is 9.91. The number of rotatable bonds is 3. The smallest absolute Gasteiger partial charge is 0.239 e. The summed E-state index contributed by atoms with van der Waals surface area (Å²) in [7, 11) is 2.00. The van der Waals surface area contributed by atoms with Crippen LogP contribution < -0.4 is 5.32 Å². The van der Waals surface area contributed by atoms with E-state index in [0.717, 1.165) is 39.0 Å². The van der Waals surface area contributed by atoms with Gasteiger partial charge in [-0.15, -0.1) is 0 Å². The summed E-state index contributed by atoms with van der Waals surface area (Å²) in [6.45, 7) is 8.79. The molecule has 2 unspecified atom stereocenters. The Kier molecular flexibility index (Phi) is 5.22. The van der Waals surface area contributed by atoms with Gasteiger partial charge < -0.3 is 15.1 Å². The quantitative estimate of drug-likeness (QED) is 0.837. The molecule has 2 aliphatic heterocycles. The zero-order valence-electron chi connectivity index (χ0n) is 12.7. The Labute approximate surface area is 117 Å². The van der Waals surface area contributed by atoms with Crippen molar-refractivity contribution < 1.29 is 4.79 Å². The maximum absolute atomic E-state index is 12.6. The standard InChI is InChI=1S/C15H29N3O/c1-4-18-10-7-13(8-11-18)17(3)15(19)14-12(2)6-5-9-16-14/h12-14,16H,4-11H2,1-3H3. The first-order chi connectivity index (χ1) is 9.13. The minimum absolute atomic E-state index is 0.0444. The van der Waals surface area contributed by atoms with Gasteiger partial charge in [0.05, 0.1) is 6.04 Å². The molecule has 19 heavy (non-hydrogen) atoms. The number of amides is 1. The molecule has 0 aromatic carbocycles. The lowest BCUT2D eigenvalue weighted by molar-refractivity contribution is -0.137. The van der Waals surface area contributed by atoms with Gasteiger partial charge in [0.15, 0.2) is 0 Å². The van der Waals surface area contributed by atoms with Crippen LogP contribution in [0, 0.1) is 5.92 Å². The number of carbonyl (C=O) groups excluding carboxylic acids is 1. The molecular formula is C15H29N3O. The van der Waals surface area contributed by atoms with Gasteiger partial charge in [-0.25, -0.2) is 0 Å². The van der Waals surface area contributed by atoms with E-state index in [0.29, 0.717) is 17.9 Å². The fourth-order valence-corrected chi connectivity index (χ4v) is 3.40. The summed E-state index contributed by atoms with van der Waals surface area (Å²) in [5, 5.41) is 3.41. The number of carbonyl (C=O) groups is 1. The second-order valence-electron chi connectivity index (χ2n) is 6.17. The Morgan fingerprint density at radius 1 is 1.32 bits per heavy atom. The van der Waals surface area contributed by atoms with E-state index in [9.17, 15) is 4.79 Å². The molecule has 2 atom stereocenters. The number of nitrogens with zero attached hydrogens (tertiary/aromatic N) is 2. The highest BCUT2D eigenvalue weighted by Gasteiger charge is 2.33. The first-order valence-electron chi connectivity index (χ1n) is 7.86. The molecule has 0 spiro atoms. The average molecular weight is 267 g/mol. The second kappa shape index (κ2) is 6.71. The van der Waals surface area contributed by atoms with Crippen molar-refractivity contribution in [3.8, 4) is 0 Å². The minimum Gasteiger partial charge on any atom is -0.341 e. The molecule has 2 fully saturated rings. The number of piperidine rings is 2. The van der Waals surface area contributed by atoms with Crippen LogP contribution in [0.25, 0.3) is 0 Å². The zero-order chi connectivity index (χ0) is 13.8. The number of likely N-dealkylation sites (N-methyl/N-ethyl adjacent to an activating group) is 1. The normalized spacial score (nSPS) is 30.3. The van der Waals surface area contributed by atoms with Crippen LogP contribution in [-0.2, 0) is 4.79 Å². The molecule has 0 aromatic heterocycles. The molecule has 0 aromatic rings. The van der Waals surface area contributed by atoms with Gasteiger partial charge in [0.25, 0.3) is 0 Å². The number of likely N-dealkylation sites (tertiary alicyclic amines) is 1. The van der Waals surface area contributed by atoms with Gasteiger partial charge in [0.1, 0.15) is 0 Å². The third kappa shape index (κ3) is 3.48. The van der Waals surface area contributed by atoms with Crippen molar-refractivity contribution in [2.24, 2.45) is 5.92 Å². The number of hydrogen-bond donors (Lipinski definition) is 1. The van der Waals surface area contributed by atoms with Crippen LogP contribution in [0.4, 0.5) is 0 Å². The summed E-state index contributed by atoms with van der Waals surface area (Å²) in [5.41, 5.74) is 0. The Balaban J connectivity index is 1.88. The molecule has 0 bridgehead atoms. The molecule has 2 heterocycles. The van der Waals surface area contributed by atoms with Crippen molar-refractivity contribution in [2.45, 2.75) is 51.6 Å². The summed E-state index contributed by atoms with van der Waals surface area (Å²) < 4.78 is 0. The summed E-state index contributed by atoms with van der Waals surface area (Å²) in [5.74, 6) is 0.779. The van der Waals surface area contributed by atoms with E-state index in [1.165, 1.54) is 12.8 Å². The van der Waals surface area contributed by atoms with E-state index >= 15 is 0 Å². The van der Waals surface area contributed by atoms with Crippen molar-refractivity contribution >= 4 is 5.91 Å². The van der Waals surface area contributed by atoms with Gasteiger partial charge in [-0.3, -0.25) is 4.79 Å². The average Bonchev–Trinajstić information content (AvgIpc) is 2.46. The van der Waals surface area contributed by atoms with E-state index in [-0.39, 0.29) is 6.04 Å². The van der Waals surface area contributed by atoms with Gasteiger partial charge in [0.2, 0.25) is 5.91 Å². The first-order valence-corrected chi connectivity index (χ1v) is 7.86. The third-order valence-electron chi connectivity index (χ3n) is 4.94.